The Balaban J connectivity index is 0.00000272. The lowest BCUT2D eigenvalue weighted by atomic mass is 10.1. The number of carbonyl (C=O) groups excluding carboxylic acids is 1. The average Bonchev–Trinajstić information content (AvgIpc) is 3.54. The molecular weight excluding hydrogens is 541 g/mol. The molecule has 4 heterocycles. The number of rotatable bonds is 7. The molecule has 2 N–H and O–H groups in total. The van der Waals surface area contributed by atoms with Crippen LogP contribution in [0.15, 0.2) is 34.0 Å². The first-order valence-electron chi connectivity index (χ1n) is 10.9. The molecule has 2 aliphatic heterocycles. The number of nitrogens with one attached hydrogen (secondary N) is 2. The number of guanidine groups is 1. The molecule has 9 heteroatoms. The molecule has 1 saturated heterocycles. The number of hydrogen-bond acceptors (Lipinski definition) is 5. The van der Waals surface area contributed by atoms with Crippen LogP contribution in [0.3, 0.4) is 0 Å². The minimum absolute atomic E-state index is 0. The fourth-order valence-electron chi connectivity index (χ4n) is 4.19. The number of thiophene rings is 2. The summed E-state index contributed by atoms with van der Waals surface area (Å²) < 4.78 is 0. The van der Waals surface area contributed by atoms with Crippen molar-refractivity contribution >= 4 is 58.5 Å². The Bertz CT molecular complexity index is 848. The van der Waals surface area contributed by atoms with Gasteiger partial charge in [-0.3, -0.25) is 9.69 Å². The molecule has 4 rings (SSSR count). The molecule has 0 aliphatic carbocycles. The van der Waals surface area contributed by atoms with Crippen molar-refractivity contribution in [1.29, 1.82) is 0 Å². The maximum Gasteiger partial charge on any atom is 0.244 e. The van der Waals surface area contributed by atoms with Crippen LogP contribution in [-0.4, -0.2) is 60.9 Å². The van der Waals surface area contributed by atoms with E-state index in [-0.39, 0.29) is 36.4 Å². The number of likely N-dealkylation sites (tertiary alicyclic amines) is 1. The van der Waals surface area contributed by atoms with Gasteiger partial charge in [-0.1, -0.05) is 6.07 Å². The Hall–Kier alpha value is -1.17. The van der Waals surface area contributed by atoms with Gasteiger partial charge >= 0.3 is 0 Å². The highest BCUT2D eigenvalue weighted by atomic mass is 127. The van der Waals surface area contributed by atoms with Gasteiger partial charge in [0.1, 0.15) is 6.54 Å². The lowest BCUT2D eigenvalue weighted by Gasteiger charge is -2.28. The smallest absolute Gasteiger partial charge is 0.244 e. The van der Waals surface area contributed by atoms with Gasteiger partial charge in [-0.05, 0) is 67.7 Å². The first kappa shape index (κ1) is 24.5. The average molecular weight is 574 g/mol. The zero-order valence-electron chi connectivity index (χ0n) is 18.0. The molecule has 6 nitrogen and oxygen atoms in total. The molecule has 2 aliphatic rings. The summed E-state index contributed by atoms with van der Waals surface area (Å²) in [6.45, 7) is 7.61. The second kappa shape index (κ2) is 12.2. The second-order valence-corrected chi connectivity index (χ2v) is 9.76. The van der Waals surface area contributed by atoms with Crippen LogP contribution in [0.2, 0.25) is 0 Å². The monoisotopic (exact) mass is 573 g/mol. The van der Waals surface area contributed by atoms with Crippen LogP contribution in [-0.2, 0) is 17.8 Å². The standard InChI is InChI=1S/C22H31N5OS2.HI/c1-2-23-22(24-14-18(20-6-5-12-29-20)26-9-3-4-10-26)25-15-21(28)27-11-7-19-17(16-27)8-13-30-19;/h5-6,8,12-13,18H,2-4,7,9-11,14-16H2,1H3,(H2,23,24,25);1H. The molecule has 31 heavy (non-hydrogen) atoms. The molecule has 0 radical (unpaired) electrons. The Morgan fingerprint density at radius 2 is 2.00 bits per heavy atom. The minimum atomic E-state index is 0. The summed E-state index contributed by atoms with van der Waals surface area (Å²) in [5, 5.41) is 11.1. The summed E-state index contributed by atoms with van der Waals surface area (Å²) in [7, 11) is 0. The number of amides is 1. The molecule has 0 bridgehead atoms. The maximum atomic E-state index is 12.7. The number of carbonyl (C=O) groups is 1. The van der Waals surface area contributed by atoms with E-state index in [0.717, 1.165) is 45.1 Å². The molecule has 1 amide bonds. The van der Waals surface area contributed by atoms with E-state index in [0.29, 0.717) is 12.6 Å². The molecule has 0 aromatic carbocycles. The van der Waals surface area contributed by atoms with Gasteiger partial charge in [-0.2, -0.15) is 0 Å². The van der Waals surface area contributed by atoms with Crippen molar-refractivity contribution in [2.75, 3.05) is 39.3 Å². The maximum absolute atomic E-state index is 12.7. The molecule has 170 valence electrons. The van der Waals surface area contributed by atoms with E-state index in [2.05, 4.69) is 56.4 Å². The Kier molecular flexibility index (Phi) is 9.61. The first-order chi connectivity index (χ1) is 14.7. The van der Waals surface area contributed by atoms with E-state index in [1.54, 1.807) is 11.3 Å². The fourth-order valence-corrected chi connectivity index (χ4v) is 5.94. The first-order valence-corrected chi connectivity index (χ1v) is 12.6. The Labute approximate surface area is 210 Å². The number of hydrogen-bond donors (Lipinski definition) is 2. The van der Waals surface area contributed by atoms with Crippen LogP contribution in [0.4, 0.5) is 0 Å². The summed E-state index contributed by atoms with van der Waals surface area (Å²) in [5.41, 5.74) is 1.29. The van der Waals surface area contributed by atoms with Crippen molar-refractivity contribution in [2.45, 2.75) is 38.8 Å². The van der Waals surface area contributed by atoms with Gasteiger partial charge in [0.2, 0.25) is 5.91 Å². The number of aliphatic imine (C=N–C) groups is 1. The van der Waals surface area contributed by atoms with Gasteiger partial charge in [-0.25, -0.2) is 4.99 Å². The summed E-state index contributed by atoms with van der Waals surface area (Å²) in [6.07, 6.45) is 3.50. The van der Waals surface area contributed by atoms with E-state index in [4.69, 9.17) is 0 Å². The Morgan fingerprint density at radius 3 is 2.74 bits per heavy atom. The third-order valence-electron chi connectivity index (χ3n) is 5.79. The van der Waals surface area contributed by atoms with E-state index >= 15 is 0 Å². The Morgan fingerprint density at radius 1 is 1.16 bits per heavy atom. The van der Waals surface area contributed by atoms with Crippen molar-refractivity contribution in [3.05, 3.63) is 44.3 Å². The van der Waals surface area contributed by atoms with Gasteiger partial charge in [0.15, 0.2) is 5.96 Å². The summed E-state index contributed by atoms with van der Waals surface area (Å²) >= 11 is 3.61. The van der Waals surface area contributed by atoms with Crippen LogP contribution in [0.1, 0.15) is 41.1 Å². The zero-order valence-corrected chi connectivity index (χ0v) is 22.0. The van der Waals surface area contributed by atoms with E-state index in [1.807, 2.05) is 16.2 Å². The molecule has 1 atom stereocenters. The molecule has 0 spiro atoms. The highest BCUT2D eigenvalue weighted by Gasteiger charge is 2.25. The second-order valence-electron chi connectivity index (χ2n) is 7.78. The van der Waals surface area contributed by atoms with E-state index in [9.17, 15) is 4.79 Å². The third-order valence-corrected chi connectivity index (χ3v) is 7.79. The van der Waals surface area contributed by atoms with Crippen LogP contribution >= 0.6 is 46.7 Å². The summed E-state index contributed by atoms with van der Waals surface area (Å²) in [4.78, 5) is 24.6. The molecule has 1 unspecified atom stereocenters. The van der Waals surface area contributed by atoms with Crippen molar-refractivity contribution in [2.24, 2.45) is 4.99 Å². The lowest BCUT2D eigenvalue weighted by Crippen LogP contribution is -2.43. The summed E-state index contributed by atoms with van der Waals surface area (Å²) in [5.74, 6) is 0.818. The molecule has 0 saturated carbocycles. The van der Waals surface area contributed by atoms with E-state index < -0.39 is 0 Å². The summed E-state index contributed by atoms with van der Waals surface area (Å²) in [6, 6.07) is 6.83. The van der Waals surface area contributed by atoms with Crippen LogP contribution in [0, 0.1) is 0 Å². The van der Waals surface area contributed by atoms with Gasteiger partial charge < -0.3 is 15.5 Å². The predicted octanol–water partition coefficient (Wildman–Crippen LogP) is 3.70. The zero-order chi connectivity index (χ0) is 20.8. The van der Waals surface area contributed by atoms with Gasteiger partial charge in [0.25, 0.3) is 0 Å². The van der Waals surface area contributed by atoms with Gasteiger partial charge in [0, 0.05) is 35.9 Å². The SMILES string of the molecule is CCNC(=NCC(=O)N1CCc2sccc2C1)NCC(c1cccs1)N1CCCC1.I. The van der Waals surface area contributed by atoms with Crippen molar-refractivity contribution in [3.63, 3.8) is 0 Å². The van der Waals surface area contributed by atoms with Crippen molar-refractivity contribution in [1.82, 2.24) is 20.4 Å². The van der Waals surface area contributed by atoms with Gasteiger partial charge in [-0.15, -0.1) is 46.7 Å². The van der Waals surface area contributed by atoms with Crippen molar-refractivity contribution in [3.8, 4) is 0 Å². The predicted molar refractivity (Wildman–Crippen MR) is 141 cm³/mol. The van der Waals surface area contributed by atoms with Gasteiger partial charge in [0.05, 0.1) is 6.04 Å². The fraction of sp³-hybridized carbons (Fsp3) is 0.545. The van der Waals surface area contributed by atoms with Crippen molar-refractivity contribution < 1.29 is 4.79 Å². The molecule has 2 aromatic heterocycles. The normalized spacial score (nSPS) is 17.7. The highest BCUT2D eigenvalue weighted by Crippen LogP contribution is 2.28. The number of nitrogens with zero attached hydrogens (tertiary/aromatic N) is 3. The number of fused-ring (bicyclic) bond motifs is 1. The lowest BCUT2D eigenvalue weighted by molar-refractivity contribution is -0.130. The highest BCUT2D eigenvalue weighted by molar-refractivity contribution is 14.0. The third kappa shape index (κ3) is 6.43. The number of halogens is 1. The largest absolute Gasteiger partial charge is 0.357 e. The molecular formula is C22H32IN5OS2. The minimum Gasteiger partial charge on any atom is -0.357 e. The molecule has 2 aromatic rings. The quantitative estimate of drug-likeness (QED) is 0.302. The van der Waals surface area contributed by atoms with Crippen LogP contribution in [0.5, 0.6) is 0 Å². The van der Waals surface area contributed by atoms with E-state index in [1.165, 1.54) is 28.2 Å². The van der Waals surface area contributed by atoms with Crippen LogP contribution in [0.25, 0.3) is 0 Å². The van der Waals surface area contributed by atoms with Crippen LogP contribution < -0.4 is 10.6 Å². The molecule has 1 fully saturated rings. The topological polar surface area (TPSA) is 60.0 Å².